The van der Waals surface area contributed by atoms with Gasteiger partial charge in [0.15, 0.2) is 0 Å². The van der Waals surface area contributed by atoms with Crippen molar-refractivity contribution in [1.82, 2.24) is 10.2 Å². The Labute approximate surface area is 166 Å². The highest BCUT2D eigenvalue weighted by Gasteiger charge is 2.36. The van der Waals surface area contributed by atoms with Crippen molar-refractivity contribution < 1.29 is 19.4 Å². The third kappa shape index (κ3) is 5.57. The Kier molecular flexibility index (Phi) is 7.89. The summed E-state index contributed by atoms with van der Waals surface area (Å²) >= 11 is 0. The number of ether oxygens (including phenoxy) is 1. The first-order chi connectivity index (χ1) is 12.5. The zero-order valence-corrected chi connectivity index (χ0v) is 16.4. The number of hydrogen-bond donors (Lipinski definition) is 2. The van der Waals surface area contributed by atoms with Crippen molar-refractivity contribution in [2.24, 2.45) is 0 Å². The van der Waals surface area contributed by atoms with E-state index in [-0.39, 0.29) is 37.0 Å². The Morgan fingerprint density at radius 1 is 1.26 bits per heavy atom. The Hall–Kier alpha value is -1.83. The van der Waals surface area contributed by atoms with Crippen molar-refractivity contribution in [1.29, 1.82) is 0 Å². The van der Waals surface area contributed by atoms with Gasteiger partial charge in [-0.1, -0.05) is 12.1 Å². The van der Waals surface area contributed by atoms with E-state index in [4.69, 9.17) is 9.84 Å². The van der Waals surface area contributed by atoms with Crippen molar-refractivity contribution in [2.45, 2.75) is 37.8 Å². The smallest absolute Gasteiger partial charge is 0.324 e. The third-order valence-electron chi connectivity index (χ3n) is 5.16. The van der Waals surface area contributed by atoms with Gasteiger partial charge in [0.1, 0.15) is 0 Å². The van der Waals surface area contributed by atoms with E-state index in [1.807, 2.05) is 31.3 Å². The lowest BCUT2D eigenvalue weighted by atomic mass is 10.1. The molecule has 1 aromatic carbocycles. The van der Waals surface area contributed by atoms with Gasteiger partial charge < -0.3 is 20.1 Å². The number of aryl methyl sites for hydroxylation is 1. The maximum atomic E-state index is 12.6. The molecule has 2 aliphatic rings. The van der Waals surface area contributed by atoms with E-state index in [1.54, 1.807) is 9.80 Å². The average Bonchev–Trinajstić information content (AvgIpc) is 2.94. The summed E-state index contributed by atoms with van der Waals surface area (Å²) in [7, 11) is 1.82. The van der Waals surface area contributed by atoms with Crippen LogP contribution in [0.4, 0.5) is 10.5 Å². The normalized spacial score (nSPS) is 20.6. The number of anilines is 1. The second-order valence-electron chi connectivity index (χ2n) is 7.00. The fourth-order valence-corrected chi connectivity index (χ4v) is 3.44. The Morgan fingerprint density at radius 2 is 1.93 bits per heavy atom. The first-order valence-electron chi connectivity index (χ1n) is 9.22. The monoisotopic (exact) mass is 397 g/mol. The van der Waals surface area contributed by atoms with Crippen LogP contribution < -0.4 is 10.2 Å². The van der Waals surface area contributed by atoms with Gasteiger partial charge in [-0.25, -0.2) is 4.79 Å². The van der Waals surface area contributed by atoms with Crippen LogP contribution in [0.5, 0.6) is 0 Å². The standard InChI is InChI=1S/C19H27N3O4.ClH/c1-21-16(13-26-17-8-10-20-11-9-17)12-22(19(21)25)15-5-2-14(3-6-15)4-7-18(23)24;/h2-3,5-6,16-17,20H,4,7-13H2,1H3,(H,23,24);1H. The molecule has 150 valence electrons. The second-order valence-corrected chi connectivity index (χ2v) is 7.00. The predicted octanol–water partition coefficient (Wildman–Crippen LogP) is 2.13. The minimum absolute atomic E-state index is 0. The number of amides is 2. The SMILES string of the molecule is CN1C(=O)N(c2ccc(CCC(=O)O)cc2)CC1COC1CCNCC1.Cl. The molecule has 7 nitrogen and oxygen atoms in total. The van der Waals surface area contributed by atoms with Gasteiger partial charge in [-0.05, 0) is 50.0 Å². The number of carbonyl (C=O) groups is 2. The fraction of sp³-hybridized carbons (Fsp3) is 0.579. The molecule has 0 spiro atoms. The lowest BCUT2D eigenvalue weighted by molar-refractivity contribution is -0.136. The van der Waals surface area contributed by atoms with Crippen molar-refractivity contribution >= 4 is 30.1 Å². The first kappa shape index (κ1) is 21.5. The van der Waals surface area contributed by atoms with Crippen LogP contribution in [-0.4, -0.2) is 67.4 Å². The number of benzene rings is 1. The molecule has 2 heterocycles. The van der Waals surface area contributed by atoms with Crippen LogP contribution in [0.1, 0.15) is 24.8 Å². The molecule has 27 heavy (non-hydrogen) atoms. The van der Waals surface area contributed by atoms with E-state index in [9.17, 15) is 9.59 Å². The van der Waals surface area contributed by atoms with E-state index < -0.39 is 5.97 Å². The van der Waals surface area contributed by atoms with Gasteiger partial charge in [0.05, 0.1) is 25.3 Å². The van der Waals surface area contributed by atoms with Gasteiger partial charge in [0.2, 0.25) is 0 Å². The summed E-state index contributed by atoms with van der Waals surface area (Å²) < 4.78 is 6.03. The number of rotatable bonds is 7. The van der Waals surface area contributed by atoms with E-state index in [0.29, 0.717) is 19.6 Å². The molecular formula is C19H28ClN3O4. The summed E-state index contributed by atoms with van der Waals surface area (Å²) in [6.45, 7) is 3.14. The van der Waals surface area contributed by atoms with Crippen molar-refractivity contribution in [2.75, 3.05) is 38.2 Å². The highest BCUT2D eigenvalue weighted by Crippen LogP contribution is 2.24. The number of hydrogen-bond acceptors (Lipinski definition) is 4. The fourth-order valence-electron chi connectivity index (χ4n) is 3.44. The predicted molar refractivity (Wildman–Crippen MR) is 106 cm³/mol. The summed E-state index contributed by atoms with van der Waals surface area (Å²) in [6.07, 6.45) is 2.93. The molecule has 0 saturated carbocycles. The minimum Gasteiger partial charge on any atom is -0.481 e. The van der Waals surface area contributed by atoms with Crippen molar-refractivity contribution in [3.63, 3.8) is 0 Å². The summed E-state index contributed by atoms with van der Waals surface area (Å²) in [5, 5.41) is 12.1. The number of nitrogens with one attached hydrogen (secondary N) is 1. The average molecular weight is 398 g/mol. The summed E-state index contributed by atoms with van der Waals surface area (Å²) in [6, 6.07) is 7.58. The number of carbonyl (C=O) groups excluding carboxylic acids is 1. The van der Waals surface area contributed by atoms with Crippen LogP contribution in [0.2, 0.25) is 0 Å². The third-order valence-corrected chi connectivity index (χ3v) is 5.16. The molecule has 2 N–H and O–H groups in total. The van der Waals surface area contributed by atoms with Gasteiger partial charge in [0, 0.05) is 19.2 Å². The zero-order valence-electron chi connectivity index (χ0n) is 15.6. The topological polar surface area (TPSA) is 82.1 Å². The van der Waals surface area contributed by atoms with Gasteiger partial charge in [-0.15, -0.1) is 12.4 Å². The maximum absolute atomic E-state index is 12.6. The number of aliphatic carboxylic acids is 1. The lowest BCUT2D eigenvalue weighted by Gasteiger charge is -2.25. The van der Waals surface area contributed by atoms with E-state index in [0.717, 1.165) is 37.2 Å². The highest BCUT2D eigenvalue weighted by atomic mass is 35.5. The molecule has 2 saturated heterocycles. The molecule has 1 aromatic rings. The molecule has 8 heteroatoms. The molecule has 3 rings (SSSR count). The van der Waals surface area contributed by atoms with Gasteiger partial charge in [-0.2, -0.15) is 0 Å². The zero-order chi connectivity index (χ0) is 18.5. The molecule has 1 unspecified atom stereocenters. The van der Waals surface area contributed by atoms with E-state index in [2.05, 4.69) is 5.32 Å². The summed E-state index contributed by atoms with van der Waals surface area (Å²) in [4.78, 5) is 26.8. The maximum Gasteiger partial charge on any atom is 0.324 e. The molecular weight excluding hydrogens is 370 g/mol. The Bertz CT molecular complexity index is 634. The molecule has 2 fully saturated rings. The first-order valence-corrected chi connectivity index (χ1v) is 9.22. The van der Waals surface area contributed by atoms with Gasteiger partial charge in [-0.3, -0.25) is 9.69 Å². The van der Waals surface area contributed by atoms with Crippen LogP contribution in [0.15, 0.2) is 24.3 Å². The van der Waals surface area contributed by atoms with E-state index in [1.165, 1.54) is 0 Å². The number of carboxylic acids is 1. The molecule has 2 amide bonds. The van der Waals surface area contributed by atoms with E-state index >= 15 is 0 Å². The quantitative estimate of drug-likeness (QED) is 0.736. The molecule has 2 aliphatic heterocycles. The molecule has 0 aliphatic carbocycles. The van der Waals surface area contributed by atoms with Crippen LogP contribution in [0, 0.1) is 0 Å². The molecule has 0 aromatic heterocycles. The van der Waals surface area contributed by atoms with Crippen molar-refractivity contribution in [3.05, 3.63) is 29.8 Å². The minimum atomic E-state index is -0.804. The second kappa shape index (κ2) is 9.92. The number of nitrogens with zero attached hydrogens (tertiary/aromatic N) is 2. The number of halogens is 1. The molecule has 0 radical (unpaired) electrons. The Morgan fingerprint density at radius 3 is 2.56 bits per heavy atom. The molecule has 1 atom stereocenters. The van der Waals surface area contributed by atoms with Gasteiger partial charge >= 0.3 is 12.0 Å². The van der Waals surface area contributed by atoms with Crippen molar-refractivity contribution in [3.8, 4) is 0 Å². The Balaban J connectivity index is 0.00000261. The van der Waals surface area contributed by atoms with Gasteiger partial charge in [0.25, 0.3) is 0 Å². The summed E-state index contributed by atoms with van der Waals surface area (Å²) in [5.41, 5.74) is 1.80. The number of likely N-dealkylation sites (N-methyl/N-ethyl adjacent to an activating group) is 1. The number of urea groups is 1. The van der Waals surface area contributed by atoms with Crippen LogP contribution in [0.3, 0.4) is 0 Å². The molecule has 0 bridgehead atoms. The number of piperidine rings is 1. The summed E-state index contributed by atoms with van der Waals surface area (Å²) in [5.74, 6) is -0.804. The van der Waals surface area contributed by atoms with Crippen LogP contribution >= 0.6 is 12.4 Å². The lowest BCUT2D eigenvalue weighted by Crippen LogP contribution is -2.38. The number of carboxylic acid groups (broad SMARTS) is 1. The largest absolute Gasteiger partial charge is 0.481 e. The van der Waals surface area contributed by atoms with Crippen LogP contribution in [0.25, 0.3) is 0 Å². The highest BCUT2D eigenvalue weighted by molar-refractivity contribution is 5.94. The van der Waals surface area contributed by atoms with Crippen LogP contribution in [-0.2, 0) is 16.0 Å².